The second-order valence-electron chi connectivity index (χ2n) is 6.45. The van der Waals surface area contributed by atoms with Gasteiger partial charge in [0.2, 0.25) is 0 Å². The predicted molar refractivity (Wildman–Crippen MR) is 89.8 cm³/mol. The predicted octanol–water partition coefficient (Wildman–Crippen LogP) is 1.86. The molecule has 2 rings (SSSR count). The molecule has 1 heterocycles. The summed E-state index contributed by atoms with van der Waals surface area (Å²) in [5.41, 5.74) is 0.991. The molecule has 1 fully saturated rings. The van der Waals surface area contributed by atoms with Gasteiger partial charge in [-0.1, -0.05) is 37.3 Å². The summed E-state index contributed by atoms with van der Waals surface area (Å²) in [5, 5.41) is 0. The van der Waals surface area contributed by atoms with Gasteiger partial charge in [-0.25, -0.2) is 0 Å². The zero-order chi connectivity index (χ0) is 16.2. The molecular formula is C16H27N3O2S. The van der Waals surface area contributed by atoms with E-state index in [2.05, 4.69) is 11.6 Å². The van der Waals surface area contributed by atoms with Gasteiger partial charge >= 0.3 is 0 Å². The Morgan fingerprint density at radius 1 is 1.32 bits per heavy atom. The van der Waals surface area contributed by atoms with Gasteiger partial charge in [0.05, 0.1) is 6.04 Å². The van der Waals surface area contributed by atoms with Crippen molar-refractivity contribution in [2.45, 2.75) is 25.8 Å². The molecule has 0 aliphatic carbocycles. The van der Waals surface area contributed by atoms with E-state index in [9.17, 15) is 8.42 Å². The highest BCUT2D eigenvalue weighted by Crippen LogP contribution is 2.20. The maximum absolute atomic E-state index is 12.7. The normalized spacial score (nSPS) is 21.9. The summed E-state index contributed by atoms with van der Waals surface area (Å²) >= 11 is 0. The maximum atomic E-state index is 12.7. The van der Waals surface area contributed by atoms with E-state index in [4.69, 9.17) is 0 Å². The fourth-order valence-corrected chi connectivity index (χ4v) is 4.42. The molecule has 6 heteroatoms. The van der Waals surface area contributed by atoms with Crippen LogP contribution in [0.3, 0.4) is 0 Å². The van der Waals surface area contributed by atoms with E-state index in [1.165, 1.54) is 0 Å². The maximum Gasteiger partial charge on any atom is 0.280 e. The van der Waals surface area contributed by atoms with Gasteiger partial charge < -0.3 is 4.90 Å². The van der Waals surface area contributed by atoms with Gasteiger partial charge in [-0.05, 0) is 38.4 Å². The first-order chi connectivity index (χ1) is 10.4. The third kappa shape index (κ3) is 4.78. The molecule has 5 nitrogen and oxygen atoms in total. The van der Waals surface area contributed by atoms with Crippen molar-refractivity contribution in [2.24, 2.45) is 5.92 Å². The Balaban J connectivity index is 2.15. The summed E-state index contributed by atoms with van der Waals surface area (Å²) in [6.45, 7) is 3.96. The summed E-state index contributed by atoms with van der Waals surface area (Å²) in [5.74, 6) is 0.425. The molecule has 1 N–H and O–H groups in total. The number of nitrogens with one attached hydrogen (secondary N) is 1. The molecule has 124 valence electrons. The fourth-order valence-electron chi connectivity index (χ4n) is 2.88. The largest absolute Gasteiger partial charge is 0.307 e. The Hall–Kier alpha value is -0.950. The van der Waals surface area contributed by atoms with Crippen molar-refractivity contribution < 1.29 is 8.42 Å². The first-order valence-corrected chi connectivity index (χ1v) is 9.29. The highest BCUT2D eigenvalue weighted by atomic mass is 32.2. The summed E-state index contributed by atoms with van der Waals surface area (Å²) in [7, 11) is 0.451. The van der Waals surface area contributed by atoms with E-state index in [0.29, 0.717) is 25.6 Å². The first kappa shape index (κ1) is 17.4. The van der Waals surface area contributed by atoms with Crippen LogP contribution in [0.4, 0.5) is 0 Å². The minimum atomic E-state index is -3.45. The smallest absolute Gasteiger partial charge is 0.280 e. The summed E-state index contributed by atoms with van der Waals surface area (Å²) < 4.78 is 29.9. The van der Waals surface area contributed by atoms with E-state index >= 15 is 0 Å². The molecule has 1 saturated heterocycles. The molecule has 0 amide bonds. The molecule has 1 aromatic rings. The number of piperidine rings is 1. The van der Waals surface area contributed by atoms with E-state index in [0.717, 1.165) is 18.4 Å². The van der Waals surface area contributed by atoms with E-state index in [-0.39, 0.29) is 6.04 Å². The lowest BCUT2D eigenvalue weighted by atomic mass is 10.0. The lowest BCUT2D eigenvalue weighted by Gasteiger charge is -2.32. The van der Waals surface area contributed by atoms with Gasteiger partial charge in [0.25, 0.3) is 10.2 Å². The van der Waals surface area contributed by atoms with Crippen LogP contribution in [0.15, 0.2) is 30.3 Å². The van der Waals surface area contributed by atoms with Crippen LogP contribution in [0.2, 0.25) is 0 Å². The first-order valence-electron chi connectivity index (χ1n) is 7.85. The van der Waals surface area contributed by atoms with Crippen LogP contribution in [0.1, 0.15) is 31.4 Å². The van der Waals surface area contributed by atoms with Crippen LogP contribution in [-0.2, 0) is 10.2 Å². The molecule has 0 saturated carbocycles. The highest BCUT2D eigenvalue weighted by Gasteiger charge is 2.29. The topological polar surface area (TPSA) is 52.7 Å². The number of rotatable bonds is 6. The average Bonchev–Trinajstić information content (AvgIpc) is 2.47. The van der Waals surface area contributed by atoms with Crippen LogP contribution < -0.4 is 4.72 Å². The van der Waals surface area contributed by atoms with Gasteiger partial charge in [-0.2, -0.15) is 17.4 Å². The fraction of sp³-hybridized carbons (Fsp3) is 0.625. The van der Waals surface area contributed by atoms with Gasteiger partial charge in [0.1, 0.15) is 0 Å². The number of hydrogen-bond acceptors (Lipinski definition) is 3. The van der Waals surface area contributed by atoms with E-state index < -0.39 is 10.2 Å². The van der Waals surface area contributed by atoms with E-state index in [1.54, 1.807) is 4.31 Å². The molecule has 0 radical (unpaired) electrons. The number of benzene rings is 1. The number of nitrogens with zero attached hydrogens (tertiary/aromatic N) is 2. The summed E-state index contributed by atoms with van der Waals surface area (Å²) in [4.78, 5) is 2.00. The molecule has 0 spiro atoms. The molecule has 22 heavy (non-hydrogen) atoms. The van der Waals surface area contributed by atoms with Crippen molar-refractivity contribution in [3.8, 4) is 0 Å². The van der Waals surface area contributed by atoms with Crippen molar-refractivity contribution in [1.82, 2.24) is 13.9 Å². The van der Waals surface area contributed by atoms with Crippen LogP contribution in [0, 0.1) is 5.92 Å². The number of likely N-dealkylation sites (N-methyl/N-ethyl adjacent to an activating group) is 1. The van der Waals surface area contributed by atoms with Crippen molar-refractivity contribution in [3.05, 3.63) is 35.9 Å². The molecular weight excluding hydrogens is 298 g/mol. The van der Waals surface area contributed by atoms with Gasteiger partial charge in [0.15, 0.2) is 0 Å². The molecule has 1 aliphatic rings. The highest BCUT2D eigenvalue weighted by molar-refractivity contribution is 7.87. The third-order valence-corrected chi connectivity index (χ3v) is 5.59. The molecule has 2 atom stereocenters. The third-order valence-electron chi connectivity index (χ3n) is 4.00. The zero-order valence-electron chi connectivity index (χ0n) is 13.7. The van der Waals surface area contributed by atoms with Crippen LogP contribution >= 0.6 is 0 Å². The Morgan fingerprint density at radius 2 is 2.00 bits per heavy atom. The van der Waals surface area contributed by atoms with Gasteiger partial charge in [-0.3, -0.25) is 0 Å². The second kappa shape index (κ2) is 7.55. The lowest BCUT2D eigenvalue weighted by Crippen LogP contribution is -2.48. The van der Waals surface area contributed by atoms with Crippen molar-refractivity contribution in [1.29, 1.82) is 0 Å². The van der Waals surface area contributed by atoms with Crippen molar-refractivity contribution in [3.63, 3.8) is 0 Å². The van der Waals surface area contributed by atoms with Crippen molar-refractivity contribution >= 4 is 10.2 Å². The Morgan fingerprint density at radius 3 is 2.59 bits per heavy atom. The van der Waals surface area contributed by atoms with Crippen LogP contribution in [-0.4, -0.2) is 51.4 Å². The minimum Gasteiger partial charge on any atom is -0.307 e. The Labute approximate surface area is 134 Å². The molecule has 2 unspecified atom stereocenters. The Kier molecular flexibility index (Phi) is 5.97. The van der Waals surface area contributed by atoms with E-state index in [1.807, 2.05) is 49.3 Å². The average molecular weight is 325 g/mol. The lowest BCUT2D eigenvalue weighted by molar-refractivity contribution is 0.273. The van der Waals surface area contributed by atoms with Gasteiger partial charge in [-0.15, -0.1) is 0 Å². The monoisotopic (exact) mass is 325 g/mol. The minimum absolute atomic E-state index is 0.238. The van der Waals surface area contributed by atoms with Crippen LogP contribution in [0.25, 0.3) is 0 Å². The molecule has 0 aromatic heterocycles. The Bertz CT molecular complexity index is 560. The molecule has 1 aliphatic heterocycles. The standard InChI is InChI=1S/C16H27N3O2S/c1-14-8-7-11-19(12-14)22(20,21)17-16(13-18(2)3)15-9-5-4-6-10-15/h4-6,9-10,14,16-17H,7-8,11-13H2,1-3H3. The number of hydrogen-bond donors (Lipinski definition) is 1. The van der Waals surface area contributed by atoms with Gasteiger partial charge in [0, 0.05) is 19.6 Å². The van der Waals surface area contributed by atoms with Crippen LogP contribution in [0.5, 0.6) is 0 Å². The summed E-state index contributed by atoms with van der Waals surface area (Å²) in [6, 6.07) is 9.52. The molecule has 0 bridgehead atoms. The van der Waals surface area contributed by atoms with Crippen molar-refractivity contribution in [2.75, 3.05) is 33.7 Å². The molecule has 1 aromatic carbocycles. The zero-order valence-corrected chi connectivity index (χ0v) is 14.5. The quantitative estimate of drug-likeness (QED) is 0.868. The second-order valence-corrected chi connectivity index (χ2v) is 8.16. The SMILES string of the molecule is CC1CCCN(S(=O)(=O)NC(CN(C)C)c2ccccc2)C1. The summed E-state index contributed by atoms with van der Waals surface area (Å²) in [6.07, 6.45) is 2.04.